The maximum absolute atomic E-state index is 12.8. The average Bonchev–Trinajstić information content (AvgIpc) is 3.26. The van der Waals surface area contributed by atoms with Crippen molar-refractivity contribution in [3.8, 4) is 0 Å². The Morgan fingerprint density at radius 1 is 0.361 bits per heavy atom. The number of hydrogen-bond donors (Lipinski definition) is 0. The van der Waals surface area contributed by atoms with Gasteiger partial charge >= 0.3 is 17.9 Å². The van der Waals surface area contributed by atoms with Gasteiger partial charge in [0.25, 0.3) is 0 Å². The molecule has 0 saturated heterocycles. The van der Waals surface area contributed by atoms with Gasteiger partial charge in [0.15, 0.2) is 6.10 Å². The molecule has 1 atom stereocenters. The molecule has 342 valence electrons. The van der Waals surface area contributed by atoms with Crippen LogP contribution < -0.4 is 0 Å². The Labute approximate surface area is 373 Å². The largest absolute Gasteiger partial charge is 0.462 e. The molecule has 0 radical (unpaired) electrons. The van der Waals surface area contributed by atoms with Gasteiger partial charge in [-0.15, -0.1) is 0 Å². The minimum atomic E-state index is -0.825. The Morgan fingerprint density at radius 3 is 1.23 bits per heavy atom. The highest BCUT2D eigenvalue weighted by Gasteiger charge is 2.19. The Bertz CT molecular complexity index is 1340. The van der Waals surface area contributed by atoms with Gasteiger partial charge in [0, 0.05) is 19.3 Å². The highest BCUT2D eigenvalue weighted by Crippen LogP contribution is 2.12. The van der Waals surface area contributed by atoms with Crippen molar-refractivity contribution in [3.05, 3.63) is 122 Å². The molecule has 0 heterocycles. The molecule has 0 aromatic carbocycles. The quantitative estimate of drug-likeness (QED) is 0.0201. The van der Waals surface area contributed by atoms with Crippen LogP contribution in [0.5, 0.6) is 0 Å². The smallest absolute Gasteiger partial charge is 0.306 e. The molecule has 0 fully saturated rings. The summed E-state index contributed by atoms with van der Waals surface area (Å²) in [4.78, 5) is 37.9. The third kappa shape index (κ3) is 46.7. The molecule has 61 heavy (non-hydrogen) atoms. The first-order valence-corrected chi connectivity index (χ1v) is 24.1. The van der Waals surface area contributed by atoms with E-state index in [2.05, 4.69) is 87.6 Å². The summed E-state index contributed by atoms with van der Waals surface area (Å²) >= 11 is 0. The summed E-state index contributed by atoms with van der Waals surface area (Å²) in [6.07, 6.45) is 66.1. The number of ether oxygens (including phenoxy) is 3. The second-order valence-electron chi connectivity index (χ2n) is 15.4. The van der Waals surface area contributed by atoms with Crippen LogP contribution in [0.1, 0.15) is 188 Å². The molecular weight excluding hydrogens is 757 g/mol. The zero-order valence-electron chi connectivity index (χ0n) is 38.9. The minimum absolute atomic E-state index is 0.121. The van der Waals surface area contributed by atoms with E-state index in [-0.39, 0.29) is 44.0 Å². The van der Waals surface area contributed by atoms with Gasteiger partial charge in [-0.25, -0.2) is 0 Å². The normalized spacial score (nSPS) is 13.2. The summed E-state index contributed by atoms with van der Waals surface area (Å²) < 4.78 is 16.7. The van der Waals surface area contributed by atoms with E-state index in [1.165, 1.54) is 38.5 Å². The van der Waals surface area contributed by atoms with Crippen molar-refractivity contribution in [2.24, 2.45) is 0 Å². The Morgan fingerprint density at radius 2 is 0.738 bits per heavy atom. The summed E-state index contributed by atoms with van der Waals surface area (Å²) in [5.41, 5.74) is 0. The SMILES string of the molecule is CC/C=C/C=C/C=C/C=C/CCCCCCCC(=O)OCC(COC(=O)CC/C=C/C/C=C/CCCCCCCC)OC(=O)CCCCCCC/C=C/C=C/C=C/C=C/CC. The van der Waals surface area contributed by atoms with Gasteiger partial charge in [-0.2, -0.15) is 0 Å². The van der Waals surface area contributed by atoms with Crippen LogP contribution in [0.25, 0.3) is 0 Å². The zero-order valence-corrected chi connectivity index (χ0v) is 38.9. The number of esters is 3. The van der Waals surface area contributed by atoms with E-state index in [9.17, 15) is 14.4 Å². The van der Waals surface area contributed by atoms with E-state index in [1.54, 1.807) is 0 Å². The van der Waals surface area contributed by atoms with Gasteiger partial charge < -0.3 is 14.2 Å². The van der Waals surface area contributed by atoms with E-state index < -0.39 is 6.10 Å². The molecule has 6 nitrogen and oxygen atoms in total. The molecule has 0 spiro atoms. The molecule has 0 rings (SSSR count). The van der Waals surface area contributed by atoms with Gasteiger partial charge in [0.2, 0.25) is 0 Å². The molecule has 0 N–H and O–H groups in total. The molecule has 0 aliphatic carbocycles. The Balaban J connectivity index is 4.57. The topological polar surface area (TPSA) is 78.9 Å². The van der Waals surface area contributed by atoms with Crippen molar-refractivity contribution in [1.82, 2.24) is 0 Å². The highest BCUT2D eigenvalue weighted by molar-refractivity contribution is 5.71. The molecule has 0 aromatic rings. The second kappa shape index (κ2) is 48.5. The van der Waals surface area contributed by atoms with Crippen molar-refractivity contribution in [2.75, 3.05) is 13.2 Å². The summed E-state index contributed by atoms with van der Waals surface area (Å²) in [6, 6.07) is 0. The van der Waals surface area contributed by atoms with Crippen LogP contribution >= 0.6 is 0 Å². The van der Waals surface area contributed by atoms with E-state index >= 15 is 0 Å². The van der Waals surface area contributed by atoms with Gasteiger partial charge in [-0.1, -0.05) is 213 Å². The van der Waals surface area contributed by atoms with Crippen molar-refractivity contribution >= 4 is 17.9 Å². The summed E-state index contributed by atoms with van der Waals surface area (Å²) in [6.45, 7) is 6.23. The lowest BCUT2D eigenvalue weighted by molar-refractivity contribution is -0.166. The molecule has 0 saturated carbocycles. The lowest BCUT2D eigenvalue weighted by Gasteiger charge is -2.18. The van der Waals surface area contributed by atoms with Gasteiger partial charge in [-0.3, -0.25) is 14.4 Å². The van der Waals surface area contributed by atoms with Crippen molar-refractivity contribution < 1.29 is 28.6 Å². The summed E-state index contributed by atoms with van der Waals surface area (Å²) in [7, 11) is 0. The zero-order chi connectivity index (χ0) is 44.4. The molecule has 0 amide bonds. The lowest BCUT2D eigenvalue weighted by Crippen LogP contribution is -2.30. The van der Waals surface area contributed by atoms with Crippen LogP contribution in [0.15, 0.2) is 122 Å². The predicted molar refractivity (Wildman–Crippen MR) is 260 cm³/mol. The molecule has 0 bridgehead atoms. The van der Waals surface area contributed by atoms with E-state index in [4.69, 9.17) is 14.2 Å². The van der Waals surface area contributed by atoms with Crippen LogP contribution in [0, 0.1) is 0 Å². The standard InChI is InChI=1S/C55H86O6/c1-4-7-10-13-16-19-22-25-27-30-33-36-39-42-45-48-54(57)60-51-52(50-59-53(56)47-44-41-38-35-32-29-24-21-18-15-12-9-6-3)61-55(58)49-46-43-40-37-34-31-28-26-23-20-17-14-11-8-5-2/h7-8,10-11,13-14,16-17,19-20,22-23,25-29,32,38,41,52H,4-6,9,12,15,18,21,24,30-31,33-37,39-40,42-51H2,1-3H3/b10-7+,11-8+,16-13+,17-14+,22-19+,23-20+,27-25+,28-26+,32-29+,41-38+. The summed E-state index contributed by atoms with van der Waals surface area (Å²) in [5, 5.41) is 0. The third-order valence-electron chi connectivity index (χ3n) is 9.63. The van der Waals surface area contributed by atoms with Crippen LogP contribution in [-0.4, -0.2) is 37.2 Å². The Hall–Kier alpha value is -4.19. The maximum Gasteiger partial charge on any atom is 0.306 e. The molecule has 6 heteroatoms. The van der Waals surface area contributed by atoms with E-state index in [0.717, 1.165) is 103 Å². The van der Waals surface area contributed by atoms with Crippen molar-refractivity contribution in [3.63, 3.8) is 0 Å². The summed E-state index contributed by atoms with van der Waals surface area (Å²) in [5.74, 6) is -1.05. The Kier molecular flexibility index (Phi) is 45.1. The average molecular weight is 843 g/mol. The second-order valence-corrected chi connectivity index (χ2v) is 15.4. The number of carbonyl (C=O) groups excluding carboxylic acids is 3. The van der Waals surface area contributed by atoms with E-state index in [1.807, 2.05) is 54.7 Å². The molecule has 0 aliphatic heterocycles. The molecule has 0 aromatic heterocycles. The number of allylic oxidation sites excluding steroid dienone is 20. The van der Waals surface area contributed by atoms with Crippen LogP contribution in [0.4, 0.5) is 0 Å². The maximum atomic E-state index is 12.8. The third-order valence-corrected chi connectivity index (χ3v) is 9.63. The van der Waals surface area contributed by atoms with Crippen molar-refractivity contribution in [2.45, 2.75) is 194 Å². The first kappa shape index (κ1) is 56.8. The van der Waals surface area contributed by atoms with Crippen molar-refractivity contribution in [1.29, 1.82) is 0 Å². The van der Waals surface area contributed by atoms with Gasteiger partial charge in [-0.05, 0) is 77.0 Å². The fourth-order valence-electron chi connectivity index (χ4n) is 6.04. The molecular formula is C55H86O6. The lowest BCUT2D eigenvalue weighted by atomic mass is 10.1. The van der Waals surface area contributed by atoms with Crippen LogP contribution in [-0.2, 0) is 28.6 Å². The first-order valence-electron chi connectivity index (χ1n) is 24.1. The predicted octanol–water partition coefficient (Wildman–Crippen LogP) is 15.7. The van der Waals surface area contributed by atoms with Gasteiger partial charge in [0.05, 0.1) is 0 Å². The molecule has 0 aliphatic rings. The first-order chi connectivity index (χ1) is 30.0. The number of rotatable bonds is 41. The highest BCUT2D eigenvalue weighted by atomic mass is 16.6. The van der Waals surface area contributed by atoms with Gasteiger partial charge in [0.1, 0.15) is 13.2 Å². The monoisotopic (exact) mass is 843 g/mol. The number of hydrogen-bond acceptors (Lipinski definition) is 6. The minimum Gasteiger partial charge on any atom is -0.462 e. The van der Waals surface area contributed by atoms with E-state index in [0.29, 0.717) is 12.8 Å². The number of unbranched alkanes of at least 4 members (excludes halogenated alkanes) is 16. The van der Waals surface area contributed by atoms with Crippen LogP contribution in [0.2, 0.25) is 0 Å². The number of carbonyl (C=O) groups is 3. The van der Waals surface area contributed by atoms with Crippen LogP contribution in [0.3, 0.4) is 0 Å². The fraction of sp³-hybridized carbons (Fsp3) is 0.582. The fourth-order valence-corrected chi connectivity index (χ4v) is 6.04. The molecule has 1 unspecified atom stereocenters.